The Balaban J connectivity index is 2.16. The number of rotatable bonds is 3. The Morgan fingerprint density at radius 2 is 2.19 bits per heavy atom. The zero-order chi connectivity index (χ0) is 11.5. The molecule has 0 saturated heterocycles. The highest BCUT2D eigenvalue weighted by atomic mass is 14.9. The van der Waals surface area contributed by atoms with Crippen LogP contribution in [0.3, 0.4) is 0 Å². The molecule has 1 aliphatic carbocycles. The van der Waals surface area contributed by atoms with Crippen LogP contribution in [0.5, 0.6) is 0 Å². The van der Waals surface area contributed by atoms with Crippen LogP contribution in [0, 0.1) is 18.8 Å². The molecule has 2 rings (SSSR count). The second-order valence-electron chi connectivity index (χ2n) is 5.24. The van der Waals surface area contributed by atoms with E-state index in [1.807, 2.05) is 12.4 Å². The molecule has 1 saturated carbocycles. The summed E-state index contributed by atoms with van der Waals surface area (Å²) in [5, 5.41) is 3.47. The van der Waals surface area contributed by atoms with Crippen molar-refractivity contribution in [1.29, 1.82) is 0 Å². The van der Waals surface area contributed by atoms with Crippen LogP contribution in [0.15, 0.2) is 18.5 Å². The number of pyridine rings is 1. The van der Waals surface area contributed by atoms with Gasteiger partial charge in [-0.05, 0) is 49.8 Å². The fraction of sp³-hybridized carbons (Fsp3) is 0.643. The predicted octanol–water partition coefficient (Wildman–Crippen LogP) is 3.09. The highest BCUT2D eigenvalue weighted by Crippen LogP contribution is 2.38. The molecule has 0 bridgehead atoms. The van der Waals surface area contributed by atoms with E-state index >= 15 is 0 Å². The van der Waals surface area contributed by atoms with Crippen LogP contribution in [0.2, 0.25) is 0 Å². The summed E-state index contributed by atoms with van der Waals surface area (Å²) >= 11 is 0. The van der Waals surface area contributed by atoms with Crippen LogP contribution in [0.1, 0.15) is 43.4 Å². The van der Waals surface area contributed by atoms with Crippen molar-refractivity contribution >= 4 is 0 Å². The number of hydrogen-bond acceptors (Lipinski definition) is 2. The van der Waals surface area contributed by atoms with Gasteiger partial charge in [0, 0.05) is 18.4 Å². The second kappa shape index (κ2) is 4.96. The Morgan fingerprint density at radius 1 is 1.38 bits per heavy atom. The predicted molar refractivity (Wildman–Crippen MR) is 67.3 cm³/mol. The van der Waals surface area contributed by atoms with E-state index in [0.717, 1.165) is 11.8 Å². The summed E-state index contributed by atoms with van der Waals surface area (Å²) in [7, 11) is 2.07. The standard InChI is InChI=1S/C14H22N2/c1-10-4-5-12(6-10)14(15-3)13-7-11(2)8-16-9-13/h7-10,12,14-15H,4-6H2,1-3H3. The minimum absolute atomic E-state index is 0.484. The molecule has 1 heterocycles. The normalized spacial score (nSPS) is 26.9. The average Bonchev–Trinajstić information content (AvgIpc) is 2.66. The van der Waals surface area contributed by atoms with Gasteiger partial charge in [-0.3, -0.25) is 4.98 Å². The van der Waals surface area contributed by atoms with E-state index in [1.54, 1.807) is 0 Å². The highest BCUT2D eigenvalue weighted by molar-refractivity contribution is 5.21. The van der Waals surface area contributed by atoms with E-state index in [1.165, 1.54) is 30.4 Å². The van der Waals surface area contributed by atoms with E-state index in [4.69, 9.17) is 0 Å². The van der Waals surface area contributed by atoms with Gasteiger partial charge >= 0.3 is 0 Å². The van der Waals surface area contributed by atoms with E-state index in [-0.39, 0.29) is 0 Å². The van der Waals surface area contributed by atoms with Gasteiger partial charge in [-0.15, -0.1) is 0 Å². The van der Waals surface area contributed by atoms with Gasteiger partial charge < -0.3 is 5.32 Å². The molecule has 88 valence electrons. The molecule has 1 aromatic rings. The Hall–Kier alpha value is -0.890. The van der Waals surface area contributed by atoms with Crippen LogP contribution >= 0.6 is 0 Å². The number of hydrogen-bond donors (Lipinski definition) is 1. The fourth-order valence-corrected chi connectivity index (χ4v) is 2.98. The molecule has 0 aliphatic heterocycles. The average molecular weight is 218 g/mol. The quantitative estimate of drug-likeness (QED) is 0.843. The molecule has 1 aliphatic rings. The van der Waals surface area contributed by atoms with Crippen LogP contribution in [-0.4, -0.2) is 12.0 Å². The lowest BCUT2D eigenvalue weighted by Crippen LogP contribution is -2.24. The van der Waals surface area contributed by atoms with E-state index < -0.39 is 0 Å². The largest absolute Gasteiger partial charge is 0.313 e. The fourth-order valence-electron chi connectivity index (χ4n) is 2.98. The second-order valence-corrected chi connectivity index (χ2v) is 5.24. The summed E-state index contributed by atoms with van der Waals surface area (Å²) in [6, 6.07) is 2.74. The Kier molecular flexibility index (Phi) is 3.59. The summed E-state index contributed by atoms with van der Waals surface area (Å²) in [5.41, 5.74) is 2.60. The van der Waals surface area contributed by atoms with Crippen LogP contribution in [0.4, 0.5) is 0 Å². The SMILES string of the molecule is CNC(c1cncc(C)c1)C1CCC(C)C1. The van der Waals surface area contributed by atoms with Crippen molar-refractivity contribution in [2.75, 3.05) is 7.05 Å². The molecule has 0 aromatic carbocycles. The zero-order valence-corrected chi connectivity index (χ0v) is 10.5. The van der Waals surface area contributed by atoms with Gasteiger partial charge in [-0.2, -0.15) is 0 Å². The maximum Gasteiger partial charge on any atom is 0.0361 e. The van der Waals surface area contributed by atoms with Crippen molar-refractivity contribution < 1.29 is 0 Å². The number of aromatic nitrogens is 1. The highest BCUT2D eigenvalue weighted by Gasteiger charge is 2.28. The molecule has 0 amide bonds. The van der Waals surface area contributed by atoms with Crippen molar-refractivity contribution in [1.82, 2.24) is 10.3 Å². The summed E-state index contributed by atoms with van der Waals surface area (Å²) in [4.78, 5) is 4.30. The van der Waals surface area contributed by atoms with Crippen molar-refractivity contribution in [2.24, 2.45) is 11.8 Å². The van der Waals surface area contributed by atoms with Gasteiger partial charge in [-0.1, -0.05) is 19.4 Å². The first-order chi connectivity index (χ1) is 7.70. The summed E-state index contributed by atoms with van der Waals surface area (Å²) in [5.74, 6) is 1.67. The van der Waals surface area contributed by atoms with Gasteiger partial charge in [-0.25, -0.2) is 0 Å². The van der Waals surface area contributed by atoms with Gasteiger partial charge in [0.25, 0.3) is 0 Å². The molecule has 2 nitrogen and oxygen atoms in total. The van der Waals surface area contributed by atoms with Crippen molar-refractivity contribution in [3.8, 4) is 0 Å². The van der Waals surface area contributed by atoms with E-state index in [9.17, 15) is 0 Å². The van der Waals surface area contributed by atoms with Crippen molar-refractivity contribution in [3.05, 3.63) is 29.6 Å². The zero-order valence-electron chi connectivity index (χ0n) is 10.5. The lowest BCUT2D eigenvalue weighted by molar-refractivity contribution is 0.378. The number of nitrogens with zero attached hydrogens (tertiary/aromatic N) is 1. The van der Waals surface area contributed by atoms with Gasteiger partial charge in [0.15, 0.2) is 0 Å². The third-order valence-corrected chi connectivity index (χ3v) is 3.77. The van der Waals surface area contributed by atoms with Gasteiger partial charge in [0.1, 0.15) is 0 Å². The minimum atomic E-state index is 0.484. The molecule has 1 fully saturated rings. The molecule has 1 aromatic heterocycles. The number of aryl methyl sites for hydroxylation is 1. The molecule has 0 radical (unpaired) electrons. The first kappa shape index (κ1) is 11.6. The summed E-state index contributed by atoms with van der Waals surface area (Å²) < 4.78 is 0. The molecule has 0 spiro atoms. The monoisotopic (exact) mass is 218 g/mol. The van der Waals surface area contributed by atoms with Crippen molar-refractivity contribution in [3.63, 3.8) is 0 Å². The Labute approximate surface area is 98.5 Å². The Morgan fingerprint density at radius 3 is 2.75 bits per heavy atom. The molecule has 3 unspecified atom stereocenters. The first-order valence-corrected chi connectivity index (χ1v) is 6.29. The molecule has 3 atom stereocenters. The number of nitrogens with one attached hydrogen (secondary N) is 1. The van der Waals surface area contributed by atoms with Crippen LogP contribution < -0.4 is 5.32 Å². The minimum Gasteiger partial charge on any atom is -0.313 e. The molecule has 2 heteroatoms. The lowest BCUT2D eigenvalue weighted by Gasteiger charge is -2.23. The van der Waals surface area contributed by atoms with Crippen LogP contribution in [-0.2, 0) is 0 Å². The maximum atomic E-state index is 4.30. The smallest absolute Gasteiger partial charge is 0.0361 e. The molecular weight excluding hydrogens is 196 g/mol. The first-order valence-electron chi connectivity index (χ1n) is 6.29. The molecule has 16 heavy (non-hydrogen) atoms. The third-order valence-electron chi connectivity index (χ3n) is 3.77. The van der Waals surface area contributed by atoms with E-state index in [0.29, 0.717) is 6.04 Å². The molecular formula is C14H22N2. The summed E-state index contributed by atoms with van der Waals surface area (Å²) in [6.45, 7) is 4.47. The maximum absolute atomic E-state index is 4.30. The summed E-state index contributed by atoms with van der Waals surface area (Å²) in [6.07, 6.45) is 8.01. The van der Waals surface area contributed by atoms with Gasteiger partial charge in [0.2, 0.25) is 0 Å². The third kappa shape index (κ3) is 2.43. The Bertz CT molecular complexity index is 348. The lowest BCUT2D eigenvalue weighted by atomic mass is 9.91. The van der Waals surface area contributed by atoms with Crippen LogP contribution in [0.25, 0.3) is 0 Å². The van der Waals surface area contributed by atoms with E-state index in [2.05, 4.69) is 37.3 Å². The molecule has 1 N–H and O–H groups in total. The van der Waals surface area contributed by atoms with Crippen molar-refractivity contribution in [2.45, 2.75) is 39.2 Å². The topological polar surface area (TPSA) is 24.9 Å². The van der Waals surface area contributed by atoms with Gasteiger partial charge in [0.05, 0.1) is 0 Å².